The van der Waals surface area contributed by atoms with E-state index in [1.165, 1.54) is 4.31 Å². The van der Waals surface area contributed by atoms with Gasteiger partial charge in [0.15, 0.2) is 0 Å². The van der Waals surface area contributed by atoms with Crippen molar-refractivity contribution in [3.63, 3.8) is 0 Å². The highest BCUT2D eigenvalue weighted by atomic mass is 35.5. The first kappa shape index (κ1) is 18.6. The Morgan fingerprint density at radius 3 is 2.33 bits per heavy atom. The van der Waals surface area contributed by atoms with E-state index in [1.54, 1.807) is 48.5 Å². The van der Waals surface area contributed by atoms with Crippen molar-refractivity contribution in [3.8, 4) is 0 Å². The van der Waals surface area contributed by atoms with Crippen molar-refractivity contribution in [1.29, 1.82) is 0 Å². The van der Waals surface area contributed by atoms with Crippen LogP contribution in [-0.2, 0) is 10.0 Å². The van der Waals surface area contributed by atoms with E-state index >= 15 is 0 Å². The third-order valence-electron chi connectivity index (χ3n) is 3.20. The highest BCUT2D eigenvalue weighted by molar-refractivity contribution is 7.92. The number of hydrogen-bond donors (Lipinski definition) is 1. The molecule has 24 heavy (non-hydrogen) atoms. The molecule has 2 rings (SSSR count). The van der Waals surface area contributed by atoms with Gasteiger partial charge in [0.05, 0.1) is 18.5 Å². The van der Waals surface area contributed by atoms with Gasteiger partial charge in [-0.15, -0.1) is 0 Å². The molecule has 0 unspecified atom stereocenters. The topological polar surface area (TPSA) is 66.5 Å². The third kappa shape index (κ3) is 5.12. The summed E-state index contributed by atoms with van der Waals surface area (Å²) in [6, 6.07) is 13.0. The van der Waals surface area contributed by atoms with Crippen LogP contribution >= 0.6 is 23.2 Å². The van der Waals surface area contributed by atoms with Gasteiger partial charge in [0.25, 0.3) is 5.91 Å². The lowest BCUT2D eigenvalue weighted by atomic mass is 10.2. The van der Waals surface area contributed by atoms with Gasteiger partial charge in [0, 0.05) is 22.2 Å². The molecule has 0 saturated heterocycles. The highest BCUT2D eigenvalue weighted by Crippen LogP contribution is 2.21. The van der Waals surface area contributed by atoms with Crippen molar-refractivity contribution in [2.24, 2.45) is 0 Å². The Bertz CT molecular complexity index is 823. The molecule has 8 heteroatoms. The lowest BCUT2D eigenvalue weighted by Gasteiger charge is -2.22. The van der Waals surface area contributed by atoms with E-state index in [1.807, 2.05) is 0 Å². The van der Waals surface area contributed by atoms with E-state index in [9.17, 15) is 13.2 Å². The standard InChI is InChI=1S/C16H16Cl2N2O3S/c1-24(22,23)20(15-4-2-3-14(18)11-15)10-9-19-16(21)12-5-7-13(17)8-6-12/h2-8,11H,9-10H2,1H3,(H,19,21). The summed E-state index contributed by atoms with van der Waals surface area (Å²) in [4.78, 5) is 12.0. The number of halogens is 2. The number of carbonyl (C=O) groups excluding carboxylic acids is 1. The van der Waals surface area contributed by atoms with E-state index < -0.39 is 10.0 Å². The molecule has 1 N–H and O–H groups in total. The second-order valence-electron chi connectivity index (χ2n) is 5.08. The SMILES string of the molecule is CS(=O)(=O)N(CCNC(=O)c1ccc(Cl)cc1)c1cccc(Cl)c1. The third-order valence-corrected chi connectivity index (χ3v) is 4.88. The van der Waals surface area contributed by atoms with E-state index in [4.69, 9.17) is 23.2 Å². The van der Waals surface area contributed by atoms with Crippen LogP contribution in [0.1, 0.15) is 10.4 Å². The minimum Gasteiger partial charge on any atom is -0.350 e. The van der Waals surface area contributed by atoms with Gasteiger partial charge in [-0.3, -0.25) is 9.10 Å². The van der Waals surface area contributed by atoms with Crippen LogP contribution in [0.25, 0.3) is 0 Å². The average Bonchev–Trinajstić information content (AvgIpc) is 2.50. The Balaban J connectivity index is 2.04. The fourth-order valence-electron chi connectivity index (χ4n) is 2.09. The molecule has 128 valence electrons. The second kappa shape index (κ2) is 7.88. The summed E-state index contributed by atoms with van der Waals surface area (Å²) in [5, 5.41) is 3.66. The number of sulfonamides is 1. The molecule has 0 aliphatic carbocycles. The van der Waals surface area contributed by atoms with Gasteiger partial charge in [0.1, 0.15) is 0 Å². The van der Waals surface area contributed by atoms with Gasteiger partial charge in [0.2, 0.25) is 10.0 Å². The molecule has 0 aromatic heterocycles. The molecule has 0 atom stereocenters. The van der Waals surface area contributed by atoms with Gasteiger partial charge >= 0.3 is 0 Å². The van der Waals surface area contributed by atoms with Gasteiger partial charge in [-0.1, -0.05) is 29.3 Å². The molecule has 0 spiro atoms. The van der Waals surface area contributed by atoms with Gasteiger partial charge in [-0.2, -0.15) is 0 Å². The quantitative estimate of drug-likeness (QED) is 0.828. The molecular formula is C16H16Cl2N2O3S. The number of benzene rings is 2. The number of nitrogens with zero attached hydrogens (tertiary/aromatic N) is 1. The Labute approximate surface area is 151 Å². The fourth-order valence-corrected chi connectivity index (χ4v) is 3.32. The highest BCUT2D eigenvalue weighted by Gasteiger charge is 2.17. The minimum atomic E-state index is -3.50. The zero-order valence-corrected chi connectivity index (χ0v) is 15.2. The van der Waals surface area contributed by atoms with Crippen LogP contribution in [-0.4, -0.2) is 33.7 Å². The number of anilines is 1. The summed E-state index contributed by atoms with van der Waals surface area (Å²) < 4.78 is 25.2. The summed E-state index contributed by atoms with van der Waals surface area (Å²) >= 11 is 11.7. The molecule has 0 bridgehead atoms. The van der Waals surface area contributed by atoms with E-state index in [2.05, 4.69) is 5.32 Å². The fraction of sp³-hybridized carbons (Fsp3) is 0.188. The molecule has 0 saturated carbocycles. The first-order chi connectivity index (χ1) is 11.3. The Morgan fingerprint density at radius 2 is 1.75 bits per heavy atom. The Morgan fingerprint density at radius 1 is 1.08 bits per heavy atom. The molecule has 1 amide bonds. The monoisotopic (exact) mass is 386 g/mol. The Hall–Kier alpha value is -1.76. The summed E-state index contributed by atoms with van der Waals surface area (Å²) in [6.07, 6.45) is 1.11. The number of nitrogens with one attached hydrogen (secondary N) is 1. The van der Waals surface area contributed by atoms with Crippen LogP contribution in [0, 0.1) is 0 Å². The zero-order chi connectivity index (χ0) is 17.7. The van der Waals surface area contributed by atoms with Gasteiger partial charge in [-0.05, 0) is 42.5 Å². The molecular weight excluding hydrogens is 371 g/mol. The maximum atomic E-state index is 12.0. The van der Waals surface area contributed by atoms with Crippen LogP contribution < -0.4 is 9.62 Å². The van der Waals surface area contributed by atoms with E-state index in [0.29, 0.717) is 21.3 Å². The molecule has 2 aromatic rings. The average molecular weight is 387 g/mol. The summed E-state index contributed by atoms with van der Waals surface area (Å²) in [5.74, 6) is -0.300. The molecule has 0 aliphatic rings. The van der Waals surface area contributed by atoms with Crippen molar-refractivity contribution in [1.82, 2.24) is 5.32 Å². The van der Waals surface area contributed by atoms with Crippen molar-refractivity contribution in [2.45, 2.75) is 0 Å². The maximum Gasteiger partial charge on any atom is 0.251 e. The predicted molar refractivity (Wildman–Crippen MR) is 97.4 cm³/mol. The maximum absolute atomic E-state index is 12.0. The lowest BCUT2D eigenvalue weighted by molar-refractivity contribution is 0.0955. The van der Waals surface area contributed by atoms with Gasteiger partial charge in [-0.25, -0.2) is 8.42 Å². The van der Waals surface area contributed by atoms with E-state index in [0.717, 1.165) is 6.26 Å². The van der Waals surface area contributed by atoms with Crippen molar-refractivity contribution >= 4 is 44.8 Å². The number of rotatable bonds is 6. The first-order valence-corrected chi connectivity index (χ1v) is 9.65. The lowest BCUT2D eigenvalue weighted by Crippen LogP contribution is -2.38. The van der Waals surface area contributed by atoms with Crippen molar-refractivity contribution < 1.29 is 13.2 Å². The molecule has 5 nitrogen and oxygen atoms in total. The molecule has 0 aliphatic heterocycles. The largest absolute Gasteiger partial charge is 0.350 e. The van der Waals surface area contributed by atoms with Crippen LogP contribution in [0.2, 0.25) is 10.0 Å². The normalized spacial score (nSPS) is 11.1. The van der Waals surface area contributed by atoms with Crippen LogP contribution in [0.4, 0.5) is 5.69 Å². The minimum absolute atomic E-state index is 0.0957. The van der Waals surface area contributed by atoms with Gasteiger partial charge < -0.3 is 5.32 Å². The summed E-state index contributed by atoms with van der Waals surface area (Å²) in [7, 11) is -3.50. The predicted octanol–water partition coefficient (Wildman–Crippen LogP) is 3.19. The van der Waals surface area contributed by atoms with Crippen LogP contribution in [0.3, 0.4) is 0 Å². The zero-order valence-electron chi connectivity index (χ0n) is 12.9. The molecule has 0 radical (unpaired) electrons. The number of hydrogen-bond acceptors (Lipinski definition) is 3. The van der Waals surface area contributed by atoms with E-state index in [-0.39, 0.29) is 19.0 Å². The smallest absolute Gasteiger partial charge is 0.251 e. The number of carbonyl (C=O) groups is 1. The Kier molecular flexibility index (Phi) is 6.10. The van der Waals surface area contributed by atoms with Crippen LogP contribution in [0.5, 0.6) is 0 Å². The molecule has 0 heterocycles. The number of amides is 1. The van der Waals surface area contributed by atoms with Crippen molar-refractivity contribution in [2.75, 3.05) is 23.7 Å². The van der Waals surface area contributed by atoms with Crippen molar-refractivity contribution in [3.05, 3.63) is 64.1 Å². The van der Waals surface area contributed by atoms with Crippen LogP contribution in [0.15, 0.2) is 48.5 Å². The summed E-state index contributed by atoms with van der Waals surface area (Å²) in [6.45, 7) is 0.250. The molecule has 0 fully saturated rings. The first-order valence-electron chi connectivity index (χ1n) is 7.04. The second-order valence-corrected chi connectivity index (χ2v) is 7.86. The summed E-state index contributed by atoms with van der Waals surface area (Å²) in [5.41, 5.74) is 0.902. The molecule has 2 aromatic carbocycles.